The summed E-state index contributed by atoms with van der Waals surface area (Å²) in [5.41, 5.74) is 5.95. The zero-order valence-electron chi connectivity index (χ0n) is 10.3. The molecule has 0 saturated carbocycles. The van der Waals surface area contributed by atoms with Gasteiger partial charge < -0.3 is 10.9 Å². The fraction of sp³-hybridized carbons (Fsp3) is 0.0769. The molecule has 1 aromatic carbocycles. The number of nitrogens with two attached hydrogens (primary N) is 1. The third-order valence-electron chi connectivity index (χ3n) is 2.54. The van der Waals surface area contributed by atoms with E-state index in [1.54, 1.807) is 24.3 Å². The molecule has 2 rings (SSSR count). The number of aromatic nitrogens is 1. The molecule has 0 spiro atoms. The Morgan fingerprint density at radius 1 is 1.40 bits per heavy atom. The fourth-order valence-electron chi connectivity index (χ4n) is 1.54. The van der Waals surface area contributed by atoms with Crippen molar-refractivity contribution in [3.8, 4) is 0 Å². The van der Waals surface area contributed by atoms with Crippen LogP contribution in [0.3, 0.4) is 0 Å². The first-order valence-corrected chi connectivity index (χ1v) is 6.98. The molecule has 7 heteroatoms. The zero-order chi connectivity index (χ0) is 14.5. The van der Waals surface area contributed by atoms with Gasteiger partial charge in [0.2, 0.25) is 0 Å². The van der Waals surface area contributed by atoms with E-state index in [2.05, 4.69) is 10.1 Å². The van der Waals surface area contributed by atoms with Crippen molar-refractivity contribution >= 4 is 29.2 Å². The monoisotopic (exact) mass is 311 g/mol. The maximum Gasteiger partial charge on any atom is 0.173 e. The number of halogens is 2. The van der Waals surface area contributed by atoms with Crippen LogP contribution in [-0.4, -0.2) is 16.0 Å². The van der Waals surface area contributed by atoms with Crippen LogP contribution in [0.25, 0.3) is 0 Å². The van der Waals surface area contributed by atoms with Crippen molar-refractivity contribution in [2.24, 2.45) is 10.9 Å². The number of amidine groups is 1. The van der Waals surface area contributed by atoms with Crippen molar-refractivity contribution < 1.29 is 9.60 Å². The Morgan fingerprint density at radius 3 is 2.85 bits per heavy atom. The van der Waals surface area contributed by atoms with E-state index < -0.39 is 5.82 Å². The lowest BCUT2D eigenvalue weighted by molar-refractivity contribution is 0.318. The van der Waals surface area contributed by atoms with Gasteiger partial charge in [0.1, 0.15) is 5.82 Å². The highest BCUT2D eigenvalue weighted by molar-refractivity contribution is 7.98. The van der Waals surface area contributed by atoms with Crippen LogP contribution in [0.5, 0.6) is 0 Å². The first-order chi connectivity index (χ1) is 9.61. The number of rotatable bonds is 4. The molecule has 0 amide bonds. The number of thioether (sulfide) groups is 1. The Bertz CT molecular complexity index is 634. The summed E-state index contributed by atoms with van der Waals surface area (Å²) < 4.78 is 14.2. The largest absolute Gasteiger partial charge is 0.409 e. The van der Waals surface area contributed by atoms with Crippen molar-refractivity contribution in [1.82, 2.24) is 4.98 Å². The van der Waals surface area contributed by atoms with Crippen LogP contribution in [0.15, 0.2) is 46.7 Å². The lowest BCUT2D eigenvalue weighted by Gasteiger charge is -2.07. The van der Waals surface area contributed by atoms with Crippen LogP contribution >= 0.6 is 23.4 Å². The maximum absolute atomic E-state index is 14.2. The Hall–Kier alpha value is -1.79. The first kappa shape index (κ1) is 14.6. The van der Waals surface area contributed by atoms with Crippen LogP contribution in [0.4, 0.5) is 4.39 Å². The molecule has 0 fully saturated rings. The molecule has 0 saturated heterocycles. The molecule has 0 aliphatic heterocycles. The van der Waals surface area contributed by atoms with E-state index >= 15 is 0 Å². The third kappa shape index (κ3) is 3.40. The van der Waals surface area contributed by atoms with Gasteiger partial charge in [0, 0.05) is 11.9 Å². The summed E-state index contributed by atoms with van der Waals surface area (Å²) in [7, 11) is 0. The average molecular weight is 312 g/mol. The van der Waals surface area contributed by atoms with Crippen LogP contribution in [0.1, 0.15) is 11.1 Å². The van der Waals surface area contributed by atoms with Crippen molar-refractivity contribution in [1.29, 1.82) is 0 Å². The molecule has 2 aromatic rings. The summed E-state index contributed by atoms with van der Waals surface area (Å²) >= 11 is 7.11. The Kier molecular flexibility index (Phi) is 4.81. The van der Waals surface area contributed by atoms with Crippen LogP contribution < -0.4 is 5.73 Å². The van der Waals surface area contributed by atoms with Gasteiger partial charge in [-0.3, -0.25) is 0 Å². The summed E-state index contributed by atoms with van der Waals surface area (Å²) in [6.07, 6.45) is 1.53. The maximum atomic E-state index is 14.2. The zero-order valence-corrected chi connectivity index (χ0v) is 11.8. The topological polar surface area (TPSA) is 71.5 Å². The number of hydrogen-bond acceptors (Lipinski definition) is 4. The second kappa shape index (κ2) is 6.58. The summed E-state index contributed by atoms with van der Waals surface area (Å²) in [5, 5.41) is 12.7. The summed E-state index contributed by atoms with van der Waals surface area (Å²) in [6.45, 7) is 0. The van der Waals surface area contributed by atoms with Gasteiger partial charge in [0.05, 0.1) is 15.6 Å². The Balaban J connectivity index is 2.16. The van der Waals surface area contributed by atoms with Crippen molar-refractivity contribution in [2.45, 2.75) is 10.8 Å². The number of pyridine rings is 1. The molecule has 4 nitrogen and oxygen atoms in total. The van der Waals surface area contributed by atoms with Gasteiger partial charge in [-0.25, -0.2) is 9.37 Å². The van der Waals surface area contributed by atoms with Gasteiger partial charge in [-0.05, 0) is 23.8 Å². The van der Waals surface area contributed by atoms with Crippen LogP contribution in [0, 0.1) is 5.82 Å². The predicted octanol–water partition coefficient (Wildman–Crippen LogP) is 3.26. The number of oxime groups is 1. The molecule has 0 aliphatic carbocycles. The lowest BCUT2D eigenvalue weighted by atomic mass is 10.1. The van der Waals surface area contributed by atoms with Crippen molar-refractivity contribution in [3.05, 3.63) is 58.5 Å². The van der Waals surface area contributed by atoms with Crippen LogP contribution in [0.2, 0.25) is 5.02 Å². The molecule has 104 valence electrons. The van der Waals surface area contributed by atoms with E-state index in [0.717, 1.165) is 5.03 Å². The van der Waals surface area contributed by atoms with Gasteiger partial charge in [0.25, 0.3) is 0 Å². The highest BCUT2D eigenvalue weighted by Gasteiger charge is 2.11. The van der Waals surface area contributed by atoms with Gasteiger partial charge in [-0.2, -0.15) is 0 Å². The van der Waals surface area contributed by atoms with Gasteiger partial charge in [0.15, 0.2) is 5.84 Å². The minimum Gasteiger partial charge on any atom is -0.409 e. The van der Waals surface area contributed by atoms with Crippen LogP contribution in [-0.2, 0) is 5.75 Å². The van der Waals surface area contributed by atoms with E-state index in [1.807, 2.05) is 0 Å². The van der Waals surface area contributed by atoms with Gasteiger partial charge in [-0.15, -0.1) is 11.8 Å². The lowest BCUT2D eigenvalue weighted by Crippen LogP contribution is -2.15. The van der Waals surface area contributed by atoms with E-state index in [0.29, 0.717) is 16.3 Å². The van der Waals surface area contributed by atoms with Gasteiger partial charge >= 0.3 is 0 Å². The highest BCUT2D eigenvalue weighted by Crippen LogP contribution is 2.24. The Labute approximate surface area is 124 Å². The molecule has 3 N–H and O–H groups in total. The minimum absolute atomic E-state index is 0.0784. The first-order valence-electron chi connectivity index (χ1n) is 5.61. The molecule has 0 aliphatic rings. The molecule has 1 aromatic heterocycles. The predicted molar refractivity (Wildman–Crippen MR) is 77.7 cm³/mol. The Morgan fingerprint density at radius 2 is 2.20 bits per heavy atom. The van der Waals surface area contributed by atoms with E-state index in [4.69, 9.17) is 22.5 Å². The SMILES string of the molecule is N/C(=N/O)c1cccc(CSc2ccc(Cl)cn2)c1F. The van der Waals surface area contributed by atoms with E-state index in [1.165, 1.54) is 24.0 Å². The summed E-state index contributed by atoms with van der Waals surface area (Å²) in [5.74, 6) is -0.365. The number of hydrogen-bond donors (Lipinski definition) is 2. The highest BCUT2D eigenvalue weighted by atomic mass is 35.5. The smallest absolute Gasteiger partial charge is 0.173 e. The number of nitrogens with zero attached hydrogens (tertiary/aromatic N) is 2. The van der Waals surface area contributed by atoms with E-state index in [-0.39, 0.29) is 11.4 Å². The molecule has 1 heterocycles. The summed E-state index contributed by atoms with van der Waals surface area (Å²) in [4.78, 5) is 4.12. The van der Waals surface area contributed by atoms with Crippen molar-refractivity contribution in [2.75, 3.05) is 0 Å². The second-order valence-corrected chi connectivity index (χ2v) is 5.30. The molecule has 0 atom stereocenters. The van der Waals surface area contributed by atoms with E-state index in [9.17, 15) is 4.39 Å². The fourth-order valence-corrected chi connectivity index (χ4v) is 2.47. The molecule has 0 unspecified atom stereocenters. The molecular formula is C13H11ClFN3OS. The molecule has 0 radical (unpaired) electrons. The van der Waals surface area contributed by atoms with Gasteiger partial charge in [-0.1, -0.05) is 28.9 Å². The normalized spacial score (nSPS) is 11.6. The molecular weight excluding hydrogens is 301 g/mol. The quantitative estimate of drug-likeness (QED) is 0.299. The number of benzene rings is 1. The summed E-state index contributed by atoms with van der Waals surface area (Å²) in [6, 6.07) is 8.24. The van der Waals surface area contributed by atoms with Crippen molar-refractivity contribution in [3.63, 3.8) is 0 Å². The molecule has 20 heavy (non-hydrogen) atoms. The standard InChI is InChI=1S/C13H11ClFN3OS/c14-9-4-5-11(17-6-9)20-7-8-2-1-3-10(12(8)15)13(16)18-19/h1-6,19H,7H2,(H2,16,18). The second-order valence-electron chi connectivity index (χ2n) is 3.87. The average Bonchev–Trinajstić information content (AvgIpc) is 2.47. The minimum atomic E-state index is -0.496. The third-order valence-corrected chi connectivity index (χ3v) is 3.75. The molecule has 0 bridgehead atoms.